The molecule has 2 heterocycles. The van der Waals surface area contributed by atoms with E-state index in [9.17, 15) is 4.79 Å². The Morgan fingerprint density at radius 2 is 2.33 bits per heavy atom. The molecule has 0 unspecified atom stereocenters. The third-order valence-corrected chi connectivity index (χ3v) is 3.18. The van der Waals surface area contributed by atoms with Crippen LogP contribution in [0, 0.1) is 13.8 Å². The summed E-state index contributed by atoms with van der Waals surface area (Å²) in [7, 11) is 0. The second kappa shape index (κ2) is 5.87. The van der Waals surface area contributed by atoms with E-state index in [1.54, 1.807) is 6.07 Å². The maximum absolute atomic E-state index is 11.9. The molecule has 0 aromatic carbocycles. The standard InChI is InChI=1S/C14H20N2O2/c1-10-9-13(11(2)18-10)14(17)16-8-5-12-3-6-15-7-4-12/h3,9,15H,4-8H2,1-2H3,(H,16,17). The summed E-state index contributed by atoms with van der Waals surface area (Å²) in [5.41, 5.74) is 2.07. The zero-order valence-electron chi connectivity index (χ0n) is 11.0. The van der Waals surface area contributed by atoms with Crippen molar-refractivity contribution in [1.29, 1.82) is 0 Å². The molecular weight excluding hydrogens is 228 g/mol. The highest BCUT2D eigenvalue weighted by Gasteiger charge is 2.13. The van der Waals surface area contributed by atoms with E-state index < -0.39 is 0 Å². The molecule has 4 nitrogen and oxygen atoms in total. The number of carbonyl (C=O) groups is 1. The Morgan fingerprint density at radius 3 is 2.94 bits per heavy atom. The fourth-order valence-electron chi connectivity index (χ4n) is 2.18. The van der Waals surface area contributed by atoms with Gasteiger partial charge >= 0.3 is 0 Å². The van der Waals surface area contributed by atoms with Gasteiger partial charge in [-0.3, -0.25) is 4.79 Å². The third-order valence-electron chi connectivity index (χ3n) is 3.18. The molecule has 0 bridgehead atoms. The lowest BCUT2D eigenvalue weighted by atomic mass is 10.1. The molecule has 1 amide bonds. The molecule has 0 spiro atoms. The fourth-order valence-corrected chi connectivity index (χ4v) is 2.18. The minimum absolute atomic E-state index is 0.0427. The number of carbonyl (C=O) groups excluding carboxylic acids is 1. The third kappa shape index (κ3) is 3.23. The molecule has 0 saturated heterocycles. The van der Waals surface area contributed by atoms with Crippen molar-refractivity contribution in [3.63, 3.8) is 0 Å². The van der Waals surface area contributed by atoms with Crippen molar-refractivity contribution >= 4 is 5.91 Å². The monoisotopic (exact) mass is 248 g/mol. The molecule has 98 valence electrons. The lowest BCUT2D eigenvalue weighted by molar-refractivity contribution is 0.0952. The molecule has 2 N–H and O–H groups in total. The molecule has 0 atom stereocenters. The Hall–Kier alpha value is -1.55. The Kier molecular flexibility index (Phi) is 4.20. The van der Waals surface area contributed by atoms with Crippen LogP contribution in [0.25, 0.3) is 0 Å². The number of aryl methyl sites for hydroxylation is 2. The minimum atomic E-state index is -0.0427. The van der Waals surface area contributed by atoms with Crippen LogP contribution in [0.15, 0.2) is 22.1 Å². The summed E-state index contributed by atoms with van der Waals surface area (Å²) >= 11 is 0. The van der Waals surface area contributed by atoms with Gasteiger partial charge in [0.05, 0.1) is 5.56 Å². The van der Waals surface area contributed by atoms with Gasteiger partial charge in [0, 0.05) is 13.1 Å². The number of amides is 1. The maximum Gasteiger partial charge on any atom is 0.254 e. The van der Waals surface area contributed by atoms with E-state index >= 15 is 0 Å². The minimum Gasteiger partial charge on any atom is -0.466 e. The fraction of sp³-hybridized carbons (Fsp3) is 0.500. The predicted molar refractivity (Wildman–Crippen MR) is 70.7 cm³/mol. The van der Waals surface area contributed by atoms with E-state index in [0.717, 1.165) is 31.7 Å². The molecule has 0 fully saturated rings. The number of nitrogens with one attached hydrogen (secondary N) is 2. The number of furan rings is 1. The molecular formula is C14H20N2O2. The van der Waals surface area contributed by atoms with Crippen molar-refractivity contribution in [3.8, 4) is 0 Å². The van der Waals surface area contributed by atoms with Crippen molar-refractivity contribution in [2.75, 3.05) is 19.6 Å². The van der Waals surface area contributed by atoms with Crippen LogP contribution in [-0.4, -0.2) is 25.5 Å². The zero-order valence-corrected chi connectivity index (χ0v) is 11.0. The molecule has 1 aliphatic heterocycles. The van der Waals surface area contributed by atoms with E-state index in [-0.39, 0.29) is 5.91 Å². The molecule has 1 aromatic rings. The molecule has 0 aliphatic carbocycles. The number of hydrogen-bond acceptors (Lipinski definition) is 3. The largest absolute Gasteiger partial charge is 0.466 e. The van der Waals surface area contributed by atoms with Gasteiger partial charge in [0.1, 0.15) is 11.5 Å². The normalized spacial score (nSPS) is 15.3. The van der Waals surface area contributed by atoms with Gasteiger partial charge in [0.15, 0.2) is 0 Å². The van der Waals surface area contributed by atoms with Crippen LogP contribution in [0.1, 0.15) is 34.7 Å². The summed E-state index contributed by atoms with van der Waals surface area (Å²) in [5.74, 6) is 1.42. The Balaban J connectivity index is 1.81. The van der Waals surface area contributed by atoms with Gasteiger partial charge in [-0.15, -0.1) is 0 Å². The first-order valence-corrected chi connectivity index (χ1v) is 6.40. The van der Waals surface area contributed by atoms with Gasteiger partial charge < -0.3 is 15.1 Å². The lowest BCUT2D eigenvalue weighted by Gasteiger charge is -2.14. The number of hydrogen-bond donors (Lipinski definition) is 2. The first-order valence-electron chi connectivity index (χ1n) is 6.40. The summed E-state index contributed by atoms with van der Waals surface area (Å²) in [6.07, 6.45) is 4.23. The molecule has 1 aliphatic rings. The Labute approximate surface area is 107 Å². The van der Waals surface area contributed by atoms with Crippen molar-refractivity contribution in [2.45, 2.75) is 26.7 Å². The first-order chi connectivity index (χ1) is 8.66. The lowest BCUT2D eigenvalue weighted by Crippen LogP contribution is -2.26. The van der Waals surface area contributed by atoms with E-state index in [1.165, 1.54) is 5.57 Å². The quantitative estimate of drug-likeness (QED) is 0.801. The average molecular weight is 248 g/mol. The summed E-state index contributed by atoms with van der Waals surface area (Å²) in [6.45, 7) is 6.35. The average Bonchev–Trinajstić information content (AvgIpc) is 2.70. The predicted octanol–water partition coefficient (Wildman–Crippen LogP) is 1.94. The topological polar surface area (TPSA) is 54.3 Å². The van der Waals surface area contributed by atoms with Crippen LogP contribution in [0.2, 0.25) is 0 Å². The zero-order chi connectivity index (χ0) is 13.0. The van der Waals surface area contributed by atoms with Crippen LogP contribution in [0.4, 0.5) is 0 Å². The van der Waals surface area contributed by atoms with Gasteiger partial charge in [0.25, 0.3) is 5.91 Å². The molecule has 4 heteroatoms. The summed E-state index contributed by atoms with van der Waals surface area (Å²) in [5, 5.41) is 6.21. The molecule has 0 saturated carbocycles. The van der Waals surface area contributed by atoms with Crippen molar-refractivity contribution in [3.05, 3.63) is 34.8 Å². The van der Waals surface area contributed by atoms with Crippen molar-refractivity contribution in [2.24, 2.45) is 0 Å². The van der Waals surface area contributed by atoms with Gasteiger partial charge in [-0.05, 0) is 39.3 Å². The highest BCUT2D eigenvalue weighted by molar-refractivity contribution is 5.95. The molecule has 18 heavy (non-hydrogen) atoms. The van der Waals surface area contributed by atoms with E-state index in [2.05, 4.69) is 16.7 Å². The van der Waals surface area contributed by atoms with Gasteiger partial charge in [0.2, 0.25) is 0 Å². The van der Waals surface area contributed by atoms with Crippen LogP contribution >= 0.6 is 0 Å². The second-order valence-corrected chi connectivity index (χ2v) is 4.65. The Bertz CT molecular complexity index is 460. The van der Waals surface area contributed by atoms with Crippen LogP contribution in [0.5, 0.6) is 0 Å². The van der Waals surface area contributed by atoms with Crippen LogP contribution in [0.3, 0.4) is 0 Å². The summed E-state index contributed by atoms with van der Waals surface area (Å²) in [4.78, 5) is 11.9. The van der Waals surface area contributed by atoms with E-state index in [0.29, 0.717) is 17.9 Å². The molecule has 2 rings (SSSR count). The summed E-state index contributed by atoms with van der Waals surface area (Å²) < 4.78 is 5.35. The molecule has 0 radical (unpaired) electrons. The smallest absolute Gasteiger partial charge is 0.254 e. The van der Waals surface area contributed by atoms with Crippen LogP contribution in [-0.2, 0) is 0 Å². The van der Waals surface area contributed by atoms with E-state index in [4.69, 9.17) is 4.42 Å². The highest BCUT2D eigenvalue weighted by Crippen LogP contribution is 2.13. The summed E-state index contributed by atoms with van der Waals surface area (Å²) in [6, 6.07) is 1.79. The van der Waals surface area contributed by atoms with Gasteiger partial charge in [-0.25, -0.2) is 0 Å². The SMILES string of the molecule is Cc1cc(C(=O)NCCC2=CCNCC2)c(C)o1. The molecule has 1 aromatic heterocycles. The highest BCUT2D eigenvalue weighted by atomic mass is 16.3. The van der Waals surface area contributed by atoms with Crippen molar-refractivity contribution in [1.82, 2.24) is 10.6 Å². The Morgan fingerprint density at radius 1 is 1.50 bits per heavy atom. The van der Waals surface area contributed by atoms with Gasteiger partial charge in [-0.1, -0.05) is 11.6 Å². The van der Waals surface area contributed by atoms with E-state index in [1.807, 2.05) is 13.8 Å². The number of rotatable bonds is 4. The first kappa shape index (κ1) is 12.9. The van der Waals surface area contributed by atoms with Crippen molar-refractivity contribution < 1.29 is 9.21 Å². The van der Waals surface area contributed by atoms with Crippen LogP contribution < -0.4 is 10.6 Å². The van der Waals surface area contributed by atoms with Gasteiger partial charge in [-0.2, -0.15) is 0 Å². The maximum atomic E-state index is 11.9. The second-order valence-electron chi connectivity index (χ2n) is 4.65.